The number of imidazole rings is 1. The van der Waals surface area contributed by atoms with Crippen molar-refractivity contribution in [2.24, 2.45) is 0 Å². The van der Waals surface area contributed by atoms with Crippen LogP contribution in [0.4, 0.5) is 0 Å². The van der Waals surface area contributed by atoms with E-state index in [9.17, 15) is 4.79 Å². The van der Waals surface area contributed by atoms with Gasteiger partial charge in [0.2, 0.25) is 5.91 Å². The number of hydrogen-bond acceptors (Lipinski definition) is 4. The van der Waals surface area contributed by atoms with E-state index in [0.717, 1.165) is 18.4 Å². The number of thioether (sulfide) groups is 1. The van der Waals surface area contributed by atoms with Gasteiger partial charge in [0.15, 0.2) is 10.8 Å². The number of pyridine rings is 1. The highest BCUT2D eigenvalue weighted by atomic mass is 35.5. The molecule has 0 unspecified atom stereocenters. The maximum atomic E-state index is 11.9. The molecule has 1 amide bonds. The number of rotatable bonds is 4. The molecular formula is C12H13ClN4OS. The van der Waals surface area contributed by atoms with E-state index in [1.54, 1.807) is 12.3 Å². The van der Waals surface area contributed by atoms with E-state index >= 15 is 0 Å². The molecule has 0 spiro atoms. The van der Waals surface area contributed by atoms with Crippen LogP contribution in [0.5, 0.6) is 0 Å². The lowest BCUT2D eigenvalue weighted by Gasteiger charge is -2.09. The second kappa shape index (κ2) is 5.02. The van der Waals surface area contributed by atoms with E-state index in [0.29, 0.717) is 21.9 Å². The molecule has 2 aromatic rings. The molecule has 0 saturated heterocycles. The van der Waals surface area contributed by atoms with Gasteiger partial charge < -0.3 is 10.3 Å². The number of carbonyl (C=O) groups excluding carboxylic acids is 1. The highest BCUT2D eigenvalue weighted by Gasteiger charge is 2.26. The number of H-pyrrole nitrogens is 1. The van der Waals surface area contributed by atoms with Crippen molar-refractivity contribution < 1.29 is 4.79 Å². The summed E-state index contributed by atoms with van der Waals surface area (Å²) in [4.78, 5) is 23.4. The predicted molar refractivity (Wildman–Crippen MR) is 75.4 cm³/mol. The molecule has 0 aromatic carbocycles. The molecule has 2 N–H and O–H groups in total. The van der Waals surface area contributed by atoms with Gasteiger partial charge in [0.25, 0.3) is 0 Å². The molecule has 19 heavy (non-hydrogen) atoms. The minimum Gasteiger partial charge on any atom is -0.352 e. The zero-order chi connectivity index (χ0) is 13.4. The summed E-state index contributed by atoms with van der Waals surface area (Å²) in [7, 11) is 0. The fourth-order valence-corrected chi connectivity index (χ4v) is 2.65. The van der Waals surface area contributed by atoms with E-state index in [-0.39, 0.29) is 11.2 Å². The average molecular weight is 297 g/mol. The highest BCUT2D eigenvalue weighted by molar-refractivity contribution is 8.00. The Kier molecular flexibility index (Phi) is 3.36. The van der Waals surface area contributed by atoms with Gasteiger partial charge in [-0.1, -0.05) is 23.4 Å². The van der Waals surface area contributed by atoms with Gasteiger partial charge in [-0.15, -0.1) is 0 Å². The molecule has 3 rings (SSSR count). The molecule has 0 radical (unpaired) electrons. The Hall–Kier alpha value is -1.27. The molecule has 7 heteroatoms. The summed E-state index contributed by atoms with van der Waals surface area (Å²) in [5.41, 5.74) is 1.39. The van der Waals surface area contributed by atoms with Crippen LogP contribution in [-0.2, 0) is 4.79 Å². The van der Waals surface area contributed by atoms with E-state index in [4.69, 9.17) is 11.6 Å². The van der Waals surface area contributed by atoms with Crippen LogP contribution in [0, 0.1) is 0 Å². The van der Waals surface area contributed by atoms with Crippen LogP contribution >= 0.6 is 23.4 Å². The first-order valence-corrected chi connectivity index (χ1v) is 7.36. The summed E-state index contributed by atoms with van der Waals surface area (Å²) in [5, 5.41) is 4.04. The average Bonchev–Trinajstić information content (AvgIpc) is 3.08. The molecule has 0 aliphatic heterocycles. The highest BCUT2D eigenvalue weighted by Crippen LogP contribution is 2.25. The molecule has 1 atom stereocenters. The summed E-state index contributed by atoms with van der Waals surface area (Å²) in [6, 6.07) is 2.15. The van der Waals surface area contributed by atoms with Gasteiger partial charge in [-0.3, -0.25) is 4.79 Å². The molecule has 2 aromatic heterocycles. The fourth-order valence-electron chi connectivity index (χ4n) is 1.68. The normalized spacial score (nSPS) is 16.5. The lowest BCUT2D eigenvalue weighted by atomic mass is 10.4. The maximum absolute atomic E-state index is 11.9. The Morgan fingerprint density at radius 2 is 2.42 bits per heavy atom. The molecule has 2 heterocycles. The Balaban J connectivity index is 1.71. The second-order valence-corrected chi connectivity index (χ2v) is 6.38. The van der Waals surface area contributed by atoms with Crippen LogP contribution in [0.15, 0.2) is 17.4 Å². The van der Waals surface area contributed by atoms with Gasteiger partial charge in [0.05, 0.1) is 15.8 Å². The van der Waals surface area contributed by atoms with Crippen molar-refractivity contribution in [1.29, 1.82) is 0 Å². The number of halogens is 1. The van der Waals surface area contributed by atoms with Crippen molar-refractivity contribution in [3.63, 3.8) is 0 Å². The minimum absolute atomic E-state index is 0.0546. The maximum Gasteiger partial charge on any atom is 0.233 e. The second-order valence-electron chi connectivity index (χ2n) is 4.61. The standard InChI is InChI=1S/C12H13ClN4OS/c1-6(11(18)15-8-2-3-8)19-12-16-9-4-7(13)5-14-10(9)17-12/h4-6,8H,2-3H2,1H3,(H,15,18)(H,14,16,17)/t6-/m1/s1. The van der Waals surface area contributed by atoms with E-state index < -0.39 is 0 Å². The quantitative estimate of drug-likeness (QED) is 0.850. The molecule has 5 nitrogen and oxygen atoms in total. The first-order valence-electron chi connectivity index (χ1n) is 6.10. The summed E-state index contributed by atoms with van der Waals surface area (Å²) >= 11 is 7.26. The SMILES string of the molecule is C[C@@H](Sc1nc2ncc(Cl)cc2[nH]1)C(=O)NC1CC1. The van der Waals surface area contributed by atoms with E-state index in [2.05, 4.69) is 20.3 Å². The van der Waals surface area contributed by atoms with Crippen LogP contribution in [0.2, 0.25) is 5.02 Å². The fraction of sp³-hybridized carbons (Fsp3) is 0.417. The van der Waals surface area contributed by atoms with Gasteiger partial charge in [0, 0.05) is 12.2 Å². The number of carbonyl (C=O) groups is 1. The monoisotopic (exact) mass is 296 g/mol. The number of nitrogens with one attached hydrogen (secondary N) is 2. The van der Waals surface area contributed by atoms with Gasteiger partial charge >= 0.3 is 0 Å². The Morgan fingerprint density at radius 3 is 3.16 bits per heavy atom. The zero-order valence-electron chi connectivity index (χ0n) is 10.3. The van der Waals surface area contributed by atoms with Crippen molar-refractivity contribution >= 4 is 40.4 Å². The van der Waals surface area contributed by atoms with Crippen LogP contribution in [0.25, 0.3) is 11.2 Å². The summed E-state index contributed by atoms with van der Waals surface area (Å²) in [6.45, 7) is 1.87. The van der Waals surface area contributed by atoms with E-state index in [1.165, 1.54) is 11.8 Å². The molecule has 100 valence electrons. The number of hydrogen-bond donors (Lipinski definition) is 2. The number of aromatic nitrogens is 3. The number of fused-ring (bicyclic) bond motifs is 1. The molecule has 1 aliphatic carbocycles. The summed E-state index contributed by atoms with van der Waals surface area (Å²) in [5.74, 6) is 0.0546. The molecule has 0 bridgehead atoms. The van der Waals surface area contributed by atoms with Crippen molar-refractivity contribution in [1.82, 2.24) is 20.3 Å². The zero-order valence-corrected chi connectivity index (χ0v) is 11.9. The van der Waals surface area contributed by atoms with Crippen molar-refractivity contribution in [3.8, 4) is 0 Å². The molecule has 1 fully saturated rings. The van der Waals surface area contributed by atoms with Gasteiger partial charge in [-0.25, -0.2) is 9.97 Å². The van der Waals surface area contributed by atoms with Gasteiger partial charge in [0.1, 0.15) is 0 Å². The van der Waals surface area contributed by atoms with Crippen molar-refractivity contribution in [2.45, 2.75) is 36.2 Å². The summed E-state index contributed by atoms with van der Waals surface area (Å²) in [6.07, 6.45) is 3.74. The van der Waals surface area contributed by atoms with Crippen molar-refractivity contribution in [2.75, 3.05) is 0 Å². The van der Waals surface area contributed by atoms with Crippen LogP contribution < -0.4 is 5.32 Å². The number of aromatic amines is 1. The third kappa shape index (κ3) is 3.01. The summed E-state index contributed by atoms with van der Waals surface area (Å²) < 4.78 is 0. The van der Waals surface area contributed by atoms with Gasteiger partial charge in [-0.05, 0) is 25.8 Å². The van der Waals surface area contributed by atoms with E-state index in [1.807, 2.05) is 6.92 Å². The largest absolute Gasteiger partial charge is 0.352 e. The lowest BCUT2D eigenvalue weighted by molar-refractivity contribution is -0.120. The van der Waals surface area contributed by atoms with Crippen LogP contribution in [0.1, 0.15) is 19.8 Å². The van der Waals surface area contributed by atoms with Gasteiger partial charge in [-0.2, -0.15) is 0 Å². The predicted octanol–water partition coefficient (Wildman–Crippen LogP) is 2.37. The Morgan fingerprint density at radius 1 is 1.63 bits per heavy atom. The van der Waals surface area contributed by atoms with Crippen molar-refractivity contribution in [3.05, 3.63) is 17.3 Å². The van der Waals surface area contributed by atoms with Crippen LogP contribution in [-0.4, -0.2) is 32.2 Å². The van der Waals surface area contributed by atoms with Crippen LogP contribution in [0.3, 0.4) is 0 Å². The Labute approximate surface area is 119 Å². The smallest absolute Gasteiger partial charge is 0.233 e. The number of nitrogens with zero attached hydrogens (tertiary/aromatic N) is 2. The first-order chi connectivity index (χ1) is 9.11. The lowest BCUT2D eigenvalue weighted by Crippen LogP contribution is -2.32. The first kappa shape index (κ1) is 12.7. The third-order valence-electron chi connectivity index (χ3n) is 2.86. The third-order valence-corrected chi connectivity index (χ3v) is 4.05. The molecule has 1 aliphatic rings. The molecule has 1 saturated carbocycles. The molecular weight excluding hydrogens is 284 g/mol. The Bertz CT molecular complexity index is 625. The minimum atomic E-state index is -0.184. The topological polar surface area (TPSA) is 70.7 Å². The number of amides is 1.